The van der Waals surface area contributed by atoms with E-state index < -0.39 is 6.04 Å². The summed E-state index contributed by atoms with van der Waals surface area (Å²) in [5.74, 6) is 0.260. The van der Waals surface area contributed by atoms with Crippen molar-refractivity contribution in [3.05, 3.63) is 29.8 Å². The summed E-state index contributed by atoms with van der Waals surface area (Å²) in [6.45, 7) is 0.108. The van der Waals surface area contributed by atoms with Gasteiger partial charge in [0.15, 0.2) is 0 Å². The van der Waals surface area contributed by atoms with Crippen LogP contribution in [0.4, 0.5) is 10.5 Å². The van der Waals surface area contributed by atoms with E-state index >= 15 is 0 Å². The van der Waals surface area contributed by atoms with Crippen LogP contribution in [0.5, 0.6) is 0 Å². The first-order valence-corrected chi connectivity index (χ1v) is 6.61. The number of anilines is 1. The van der Waals surface area contributed by atoms with E-state index in [-0.39, 0.29) is 17.8 Å². The number of benzene rings is 1. The second-order valence-electron chi connectivity index (χ2n) is 3.96. The molecule has 1 atom stereocenters. The zero-order valence-electron chi connectivity index (χ0n) is 9.68. The molecule has 0 aliphatic carbocycles. The van der Waals surface area contributed by atoms with Crippen LogP contribution in [0, 0.1) is 0 Å². The van der Waals surface area contributed by atoms with Crippen LogP contribution in [0.25, 0.3) is 0 Å². The quantitative estimate of drug-likeness (QED) is 0.759. The molecule has 3 N–H and O–H groups in total. The zero-order valence-corrected chi connectivity index (χ0v) is 10.5. The molecule has 1 aliphatic heterocycles. The van der Waals surface area contributed by atoms with Gasteiger partial charge in [-0.3, -0.25) is 9.59 Å². The highest BCUT2D eigenvalue weighted by Gasteiger charge is 2.27. The summed E-state index contributed by atoms with van der Waals surface area (Å²) < 4.78 is 0. The molecule has 2 rings (SSSR count). The fourth-order valence-corrected chi connectivity index (χ4v) is 2.42. The minimum Gasteiger partial charge on any atom is -0.396 e. The monoisotopic (exact) mass is 266 g/mol. The van der Waals surface area contributed by atoms with Crippen LogP contribution in [0.1, 0.15) is 5.56 Å². The molecule has 2 amide bonds. The number of nitrogens with one attached hydrogen (secondary N) is 2. The van der Waals surface area contributed by atoms with Crippen molar-refractivity contribution >= 4 is 28.6 Å². The number of rotatable bonds is 4. The Labute approximate surface area is 109 Å². The highest BCUT2D eigenvalue weighted by molar-refractivity contribution is 8.14. The molecular formula is C12H14N2O3S. The highest BCUT2D eigenvalue weighted by Crippen LogP contribution is 2.15. The number of hydrogen-bond donors (Lipinski definition) is 3. The van der Waals surface area contributed by atoms with Gasteiger partial charge < -0.3 is 15.7 Å². The Bertz CT molecular complexity index is 447. The van der Waals surface area contributed by atoms with E-state index in [4.69, 9.17) is 5.11 Å². The van der Waals surface area contributed by atoms with Crippen LogP contribution in [0.2, 0.25) is 0 Å². The third-order valence-electron chi connectivity index (χ3n) is 2.61. The lowest BCUT2D eigenvalue weighted by atomic mass is 10.1. The summed E-state index contributed by atoms with van der Waals surface area (Å²) in [6, 6.07) is 6.82. The van der Waals surface area contributed by atoms with E-state index in [1.165, 1.54) is 0 Å². The van der Waals surface area contributed by atoms with Crippen LogP contribution < -0.4 is 10.6 Å². The first-order chi connectivity index (χ1) is 8.69. The number of carbonyl (C=O) groups excluding carboxylic acids is 2. The summed E-state index contributed by atoms with van der Waals surface area (Å²) in [4.78, 5) is 22.8. The van der Waals surface area contributed by atoms with E-state index in [1.54, 1.807) is 12.1 Å². The number of amides is 2. The maximum atomic E-state index is 11.8. The standard InChI is InChI=1S/C12H14N2O3S/c15-6-5-8-1-3-9(4-2-8)13-11(16)10-7-18-12(17)14-10/h1-4,10,15H,5-7H2,(H,13,16)(H,14,17). The molecule has 1 unspecified atom stereocenters. The zero-order chi connectivity index (χ0) is 13.0. The van der Waals surface area contributed by atoms with Crippen LogP contribution in [-0.2, 0) is 11.2 Å². The Morgan fingerprint density at radius 3 is 2.72 bits per heavy atom. The Kier molecular flexibility index (Phi) is 4.22. The lowest BCUT2D eigenvalue weighted by molar-refractivity contribution is -0.117. The molecule has 0 aromatic heterocycles. The molecule has 1 fully saturated rings. The normalized spacial score (nSPS) is 18.5. The van der Waals surface area contributed by atoms with Gasteiger partial charge in [0, 0.05) is 18.0 Å². The number of aliphatic hydroxyl groups excluding tert-OH is 1. The lowest BCUT2D eigenvalue weighted by Gasteiger charge is -2.10. The van der Waals surface area contributed by atoms with E-state index in [1.807, 2.05) is 12.1 Å². The molecular weight excluding hydrogens is 252 g/mol. The van der Waals surface area contributed by atoms with Crippen molar-refractivity contribution < 1.29 is 14.7 Å². The molecule has 18 heavy (non-hydrogen) atoms. The number of carbonyl (C=O) groups is 2. The molecule has 96 valence electrons. The SMILES string of the molecule is O=C1NC(C(=O)Nc2ccc(CCO)cc2)CS1. The number of thioether (sulfide) groups is 1. The lowest BCUT2D eigenvalue weighted by Crippen LogP contribution is -2.38. The van der Waals surface area contributed by atoms with Gasteiger partial charge >= 0.3 is 0 Å². The summed E-state index contributed by atoms with van der Waals surface area (Å²) in [6.07, 6.45) is 0.601. The van der Waals surface area contributed by atoms with Crippen LogP contribution in [-0.4, -0.2) is 34.7 Å². The molecule has 0 bridgehead atoms. The van der Waals surface area contributed by atoms with Gasteiger partial charge in [-0.05, 0) is 24.1 Å². The fourth-order valence-electron chi connectivity index (χ4n) is 1.64. The maximum absolute atomic E-state index is 11.8. The minimum absolute atomic E-state index is 0.108. The van der Waals surface area contributed by atoms with E-state index in [2.05, 4.69) is 10.6 Å². The molecule has 0 radical (unpaired) electrons. The van der Waals surface area contributed by atoms with Gasteiger partial charge in [-0.25, -0.2) is 0 Å². The third-order valence-corrected chi connectivity index (χ3v) is 3.49. The van der Waals surface area contributed by atoms with Gasteiger partial charge in [0.25, 0.3) is 5.24 Å². The van der Waals surface area contributed by atoms with Gasteiger partial charge in [-0.1, -0.05) is 23.9 Å². The van der Waals surface area contributed by atoms with Gasteiger partial charge in [0.05, 0.1) is 0 Å². The average Bonchev–Trinajstić information content (AvgIpc) is 2.79. The topological polar surface area (TPSA) is 78.4 Å². The predicted molar refractivity (Wildman–Crippen MR) is 70.6 cm³/mol. The van der Waals surface area contributed by atoms with Crippen LogP contribution in [0.3, 0.4) is 0 Å². The van der Waals surface area contributed by atoms with Gasteiger partial charge in [0.1, 0.15) is 6.04 Å². The van der Waals surface area contributed by atoms with Crippen LogP contribution >= 0.6 is 11.8 Å². The van der Waals surface area contributed by atoms with Crippen molar-refractivity contribution in [1.29, 1.82) is 0 Å². The van der Waals surface area contributed by atoms with E-state index in [0.717, 1.165) is 17.3 Å². The maximum Gasteiger partial charge on any atom is 0.279 e. The van der Waals surface area contributed by atoms with Gasteiger partial charge in [-0.2, -0.15) is 0 Å². The largest absolute Gasteiger partial charge is 0.396 e. The molecule has 1 heterocycles. The molecule has 6 heteroatoms. The number of aliphatic hydroxyl groups is 1. The van der Waals surface area contributed by atoms with E-state index in [0.29, 0.717) is 17.9 Å². The molecule has 1 aromatic carbocycles. The number of hydrogen-bond acceptors (Lipinski definition) is 4. The van der Waals surface area contributed by atoms with Crippen molar-refractivity contribution in [3.63, 3.8) is 0 Å². The van der Waals surface area contributed by atoms with Crippen molar-refractivity contribution in [2.75, 3.05) is 17.7 Å². The summed E-state index contributed by atoms with van der Waals surface area (Å²) in [5, 5.41) is 14.0. The molecule has 0 saturated carbocycles. The molecule has 1 saturated heterocycles. The Morgan fingerprint density at radius 1 is 1.44 bits per heavy atom. The molecule has 5 nitrogen and oxygen atoms in total. The van der Waals surface area contributed by atoms with Crippen LogP contribution in [0.15, 0.2) is 24.3 Å². The van der Waals surface area contributed by atoms with Crippen molar-refractivity contribution in [1.82, 2.24) is 5.32 Å². The Hall–Kier alpha value is -1.53. The summed E-state index contributed by atoms with van der Waals surface area (Å²) >= 11 is 1.11. The van der Waals surface area contributed by atoms with Crippen molar-refractivity contribution in [3.8, 4) is 0 Å². The molecule has 1 aliphatic rings. The first kappa shape index (κ1) is 12.9. The Balaban J connectivity index is 1.92. The second kappa shape index (κ2) is 5.88. The average molecular weight is 266 g/mol. The highest BCUT2D eigenvalue weighted by atomic mass is 32.2. The minimum atomic E-state index is -0.459. The third kappa shape index (κ3) is 3.24. The van der Waals surface area contributed by atoms with Crippen molar-refractivity contribution in [2.45, 2.75) is 12.5 Å². The fraction of sp³-hybridized carbons (Fsp3) is 0.333. The smallest absolute Gasteiger partial charge is 0.279 e. The van der Waals surface area contributed by atoms with E-state index in [9.17, 15) is 9.59 Å². The van der Waals surface area contributed by atoms with Gasteiger partial charge in [-0.15, -0.1) is 0 Å². The van der Waals surface area contributed by atoms with Crippen molar-refractivity contribution in [2.24, 2.45) is 0 Å². The summed E-state index contributed by atoms with van der Waals surface area (Å²) in [5.41, 5.74) is 1.70. The second-order valence-corrected chi connectivity index (χ2v) is 4.95. The summed E-state index contributed by atoms with van der Waals surface area (Å²) in [7, 11) is 0. The molecule has 1 aromatic rings. The predicted octanol–water partition coefficient (Wildman–Crippen LogP) is 0.985. The molecule has 0 spiro atoms. The van der Waals surface area contributed by atoms with Gasteiger partial charge in [0.2, 0.25) is 5.91 Å². The Morgan fingerprint density at radius 2 is 2.17 bits per heavy atom. The first-order valence-electron chi connectivity index (χ1n) is 5.63.